The van der Waals surface area contributed by atoms with Crippen LogP contribution in [0.25, 0.3) is 27.8 Å². The monoisotopic (exact) mass is 522 g/mol. The average molecular weight is 523 g/mol. The molecular formula is C26H21ClF2N6O2. The van der Waals surface area contributed by atoms with Crippen molar-refractivity contribution in [2.45, 2.75) is 18.9 Å². The van der Waals surface area contributed by atoms with Crippen molar-refractivity contribution >= 4 is 45.8 Å². The van der Waals surface area contributed by atoms with E-state index in [0.29, 0.717) is 58.9 Å². The van der Waals surface area contributed by atoms with Gasteiger partial charge in [0.25, 0.3) is 5.91 Å². The summed E-state index contributed by atoms with van der Waals surface area (Å²) in [5.74, 6) is -1.19. The molecule has 6 rings (SSSR count). The molecule has 0 unspecified atom stereocenters. The number of benzene rings is 2. The van der Waals surface area contributed by atoms with Crippen molar-refractivity contribution in [2.24, 2.45) is 0 Å². The Morgan fingerprint density at radius 2 is 1.84 bits per heavy atom. The number of carbonyl (C=O) groups excluding carboxylic acids is 1. The van der Waals surface area contributed by atoms with Crippen LogP contribution in [0, 0.1) is 11.6 Å². The fourth-order valence-electron chi connectivity index (χ4n) is 4.64. The smallest absolute Gasteiger partial charge is 0.278 e. The molecule has 188 valence electrons. The molecule has 3 aromatic heterocycles. The Kier molecular flexibility index (Phi) is 5.77. The highest BCUT2D eigenvalue weighted by Crippen LogP contribution is 2.29. The average Bonchev–Trinajstić information content (AvgIpc) is 3.46. The van der Waals surface area contributed by atoms with E-state index < -0.39 is 17.5 Å². The van der Waals surface area contributed by atoms with Gasteiger partial charge in [0, 0.05) is 36.6 Å². The Morgan fingerprint density at radius 1 is 1.03 bits per heavy atom. The number of nitrogens with zero attached hydrogens (tertiary/aromatic N) is 4. The maximum atomic E-state index is 14.3. The molecule has 0 aliphatic carbocycles. The number of rotatable bonds is 4. The number of aliphatic hydroxyl groups excluding tert-OH is 1. The van der Waals surface area contributed by atoms with Crippen molar-refractivity contribution in [2.75, 3.05) is 23.3 Å². The summed E-state index contributed by atoms with van der Waals surface area (Å²) >= 11 is 5.99. The standard InChI is InChI=1S/C26H21ClF2N6O2/c27-16-7-15(8-17(28)10-16)14-1-2-20-21(9-14)32-26(31-20)33-25(37)22-13-35-12-18(29)11-23(24(35)30-22)34-5-3-19(36)4-6-34/h1-2,7-13,19,36H,3-6H2,(H2,31,32,33,37). The van der Waals surface area contributed by atoms with Gasteiger partial charge < -0.3 is 19.4 Å². The number of aromatic amines is 1. The number of anilines is 2. The van der Waals surface area contributed by atoms with Crippen LogP contribution in [0.5, 0.6) is 0 Å². The fraction of sp³-hybridized carbons (Fsp3) is 0.192. The van der Waals surface area contributed by atoms with Crippen molar-refractivity contribution in [3.05, 3.63) is 77.2 Å². The van der Waals surface area contributed by atoms with Crippen LogP contribution in [-0.2, 0) is 0 Å². The summed E-state index contributed by atoms with van der Waals surface area (Å²) in [6, 6.07) is 11.0. The molecule has 0 bridgehead atoms. The lowest BCUT2D eigenvalue weighted by molar-refractivity contribution is 0.102. The summed E-state index contributed by atoms with van der Waals surface area (Å²) in [5, 5.41) is 12.8. The summed E-state index contributed by atoms with van der Waals surface area (Å²) in [6.07, 6.45) is 3.52. The number of aliphatic hydroxyl groups is 1. The van der Waals surface area contributed by atoms with Crippen LogP contribution in [0.2, 0.25) is 5.02 Å². The molecule has 0 spiro atoms. The number of imidazole rings is 2. The van der Waals surface area contributed by atoms with E-state index in [9.17, 15) is 18.7 Å². The van der Waals surface area contributed by atoms with Crippen molar-refractivity contribution in [3.8, 4) is 11.1 Å². The molecule has 5 aromatic rings. The predicted octanol–water partition coefficient (Wildman–Crippen LogP) is 5.02. The van der Waals surface area contributed by atoms with Gasteiger partial charge in [-0.15, -0.1) is 0 Å². The van der Waals surface area contributed by atoms with E-state index >= 15 is 0 Å². The molecule has 1 fully saturated rings. The van der Waals surface area contributed by atoms with Crippen LogP contribution in [0.4, 0.5) is 20.4 Å². The van der Waals surface area contributed by atoms with Gasteiger partial charge in [0.15, 0.2) is 5.65 Å². The highest BCUT2D eigenvalue weighted by molar-refractivity contribution is 6.30. The van der Waals surface area contributed by atoms with Crippen LogP contribution in [0.3, 0.4) is 0 Å². The van der Waals surface area contributed by atoms with Gasteiger partial charge in [-0.2, -0.15) is 0 Å². The van der Waals surface area contributed by atoms with E-state index in [1.54, 1.807) is 24.3 Å². The van der Waals surface area contributed by atoms with Gasteiger partial charge in [-0.05, 0) is 54.3 Å². The second-order valence-corrected chi connectivity index (χ2v) is 9.48. The first-order valence-corrected chi connectivity index (χ1v) is 12.1. The van der Waals surface area contributed by atoms with Crippen molar-refractivity contribution in [3.63, 3.8) is 0 Å². The molecule has 0 saturated carbocycles. The Bertz CT molecular complexity index is 1640. The quantitative estimate of drug-likeness (QED) is 0.308. The van der Waals surface area contributed by atoms with Gasteiger partial charge in [0.1, 0.15) is 17.3 Å². The van der Waals surface area contributed by atoms with Crippen LogP contribution in [0.15, 0.2) is 54.9 Å². The Hall–Kier alpha value is -4.02. The van der Waals surface area contributed by atoms with Crippen LogP contribution in [0.1, 0.15) is 23.3 Å². The van der Waals surface area contributed by atoms with E-state index in [1.165, 1.54) is 35.0 Å². The number of piperidine rings is 1. The second-order valence-electron chi connectivity index (χ2n) is 9.05. The highest BCUT2D eigenvalue weighted by Gasteiger charge is 2.22. The first kappa shape index (κ1) is 23.4. The summed E-state index contributed by atoms with van der Waals surface area (Å²) in [7, 11) is 0. The zero-order chi connectivity index (χ0) is 25.7. The number of fused-ring (bicyclic) bond motifs is 2. The van der Waals surface area contributed by atoms with Crippen molar-refractivity contribution in [1.82, 2.24) is 19.4 Å². The maximum absolute atomic E-state index is 14.3. The zero-order valence-electron chi connectivity index (χ0n) is 19.4. The third-order valence-electron chi connectivity index (χ3n) is 6.45. The van der Waals surface area contributed by atoms with Gasteiger partial charge in [-0.1, -0.05) is 17.7 Å². The SMILES string of the molecule is O=C(Nc1nc2ccc(-c3cc(F)cc(Cl)c3)cc2[nH]1)c1cn2cc(F)cc(N3CCC(O)CC3)c2n1. The molecule has 3 N–H and O–H groups in total. The van der Waals surface area contributed by atoms with Crippen LogP contribution >= 0.6 is 11.6 Å². The molecule has 1 saturated heterocycles. The number of aromatic nitrogens is 4. The van der Waals surface area contributed by atoms with Crippen molar-refractivity contribution < 1.29 is 18.7 Å². The zero-order valence-corrected chi connectivity index (χ0v) is 20.1. The Labute approximate surface area is 214 Å². The van der Waals surface area contributed by atoms with Crippen LogP contribution < -0.4 is 10.2 Å². The summed E-state index contributed by atoms with van der Waals surface area (Å²) < 4.78 is 29.6. The molecule has 1 aliphatic heterocycles. The molecule has 0 atom stereocenters. The number of H-pyrrole nitrogens is 1. The summed E-state index contributed by atoms with van der Waals surface area (Å²) in [4.78, 5) is 26.9. The first-order valence-electron chi connectivity index (χ1n) is 11.7. The third-order valence-corrected chi connectivity index (χ3v) is 6.66. The van der Waals surface area contributed by atoms with E-state index in [4.69, 9.17) is 11.6 Å². The number of carbonyl (C=O) groups is 1. The second kappa shape index (κ2) is 9.13. The molecule has 11 heteroatoms. The normalized spacial score (nSPS) is 14.5. The van der Waals surface area contributed by atoms with Gasteiger partial charge >= 0.3 is 0 Å². The van der Waals surface area contributed by atoms with E-state index in [2.05, 4.69) is 20.3 Å². The molecule has 8 nitrogen and oxygen atoms in total. The summed E-state index contributed by atoms with van der Waals surface area (Å²) in [6.45, 7) is 1.13. The number of pyridine rings is 1. The topological polar surface area (TPSA) is 98.5 Å². The number of hydrogen-bond donors (Lipinski definition) is 3. The van der Waals surface area contributed by atoms with E-state index in [1.807, 2.05) is 4.90 Å². The van der Waals surface area contributed by atoms with Gasteiger partial charge in [0.2, 0.25) is 5.95 Å². The van der Waals surface area contributed by atoms with Gasteiger partial charge in [-0.3, -0.25) is 10.1 Å². The highest BCUT2D eigenvalue weighted by atomic mass is 35.5. The minimum Gasteiger partial charge on any atom is -0.393 e. The number of nitrogens with one attached hydrogen (secondary N) is 2. The van der Waals surface area contributed by atoms with E-state index in [0.717, 1.165) is 5.56 Å². The number of amides is 1. The largest absolute Gasteiger partial charge is 0.393 e. The Morgan fingerprint density at radius 3 is 2.62 bits per heavy atom. The Balaban J connectivity index is 1.27. The van der Waals surface area contributed by atoms with Gasteiger partial charge in [0.05, 0.1) is 22.8 Å². The lowest BCUT2D eigenvalue weighted by Gasteiger charge is -2.31. The summed E-state index contributed by atoms with van der Waals surface area (Å²) in [5.41, 5.74) is 3.71. The number of halogens is 3. The third kappa shape index (κ3) is 4.61. The molecule has 2 aromatic carbocycles. The predicted molar refractivity (Wildman–Crippen MR) is 137 cm³/mol. The lowest BCUT2D eigenvalue weighted by atomic mass is 10.1. The molecule has 1 amide bonds. The fourth-order valence-corrected chi connectivity index (χ4v) is 4.86. The maximum Gasteiger partial charge on any atom is 0.278 e. The van der Waals surface area contributed by atoms with Crippen molar-refractivity contribution in [1.29, 1.82) is 0 Å². The van der Waals surface area contributed by atoms with Gasteiger partial charge in [-0.25, -0.2) is 18.7 Å². The molecule has 37 heavy (non-hydrogen) atoms. The lowest BCUT2D eigenvalue weighted by Crippen LogP contribution is -2.36. The minimum absolute atomic E-state index is 0.0967. The van der Waals surface area contributed by atoms with E-state index in [-0.39, 0.29) is 17.7 Å². The molecular weight excluding hydrogens is 502 g/mol. The minimum atomic E-state index is -0.514. The first-order chi connectivity index (χ1) is 17.8. The van der Waals surface area contributed by atoms with Crippen LogP contribution in [-0.4, -0.2) is 49.6 Å². The molecule has 0 radical (unpaired) electrons. The molecule has 1 aliphatic rings. The number of hydrogen-bond acceptors (Lipinski definition) is 5. The molecule has 4 heterocycles.